The van der Waals surface area contributed by atoms with Gasteiger partial charge in [0.1, 0.15) is 6.10 Å². The summed E-state index contributed by atoms with van der Waals surface area (Å²) in [6, 6.07) is 0. The fourth-order valence-corrected chi connectivity index (χ4v) is 0.720. The van der Waals surface area contributed by atoms with E-state index >= 15 is 0 Å². The van der Waals surface area contributed by atoms with Gasteiger partial charge in [0, 0.05) is 7.11 Å². The summed E-state index contributed by atoms with van der Waals surface area (Å²) >= 11 is 0. The second-order valence-corrected chi connectivity index (χ2v) is 1.97. The Kier molecular flexibility index (Phi) is 2.18. The summed E-state index contributed by atoms with van der Waals surface area (Å²) in [6.07, 6.45) is -4.05. The van der Waals surface area contributed by atoms with Crippen LogP contribution in [0.25, 0.3) is 0 Å². The Morgan fingerprint density at radius 1 is 1.70 bits per heavy atom. The molecule has 3 nitrogen and oxygen atoms in total. The van der Waals surface area contributed by atoms with E-state index in [9.17, 15) is 8.78 Å². The summed E-state index contributed by atoms with van der Waals surface area (Å²) in [7, 11) is 1.42. The summed E-state index contributed by atoms with van der Waals surface area (Å²) in [4.78, 5) is 0. The Hall–Kier alpha value is -0.260. The van der Waals surface area contributed by atoms with Crippen molar-refractivity contribution < 1.29 is 23.0 Å². The van der Waals surface area contributed by atoms with Crippen molar-refractivity contribution in [2.24, 2.45) is 0 Å². The smallest absolute Gasteiger partial charge is 0.382 e. The van der Waals surface area contributed by atoms with E-state index in [1.54, 1.807) is 0 Å². The fraction of sp³-hybridized carbons (Fsp3) is 1.00. The van der Waals surface area contributed by atoms with E-state index in [-0.39, 0.29) is 13.2 Å². The first-order chi connectivity index (χ1) is 4.64. The van der Waals surface area contributed by atoms with Gasteiger partial charge >= 0.3 is 6.29 Å². The van der Waals surface area contributed by atoms with Crippen LogP contribution < -0.4 is 0 Å². The minimum Gasteiger partial charge on any atom is -0.382 e. The second kappa shape index (κ2) is 2.77. The largest absolute Gasteiger partial charge is 0.486 e. The first-order valence-corrected chi connectivity index (χ1v) is 2.82. The maximum atomic E-state index is 12.0. The molecule has 1 heterocycles. The topological polar surface area (TPSA) is 27.7 Å². The molecule has 1 saturated heterocycles. The average Bonchev–Trinajstić information content (AvgIpc) is 2.12. The van der Waals surface area contributed by atoms with Gasteiger partial charge in [0.2, 0.25) is 0 Å². The molecular weight excluding hydrogens is 146 g/mol. The Labute approximate surface area is 56.9 Å². The quantitative estimate of drug-likeness (QED) is 0.582. The van der Waals surface area contributed by atoms with Gasteiger partial charge in [-0.3, -0.25) is 9.47 Å². The molecule has 1 aliphatic heterocycles. The molecule has 0 aromatic carbocycles. The van der Waals surface area contributed by atoms with Crippen molar-refractivity contribution >= 4 is 0 Å². The number of methoxy groups -OCH3 is 1. The molecule has 0 N–H and O–H groups in total. The first-order valence-electron chi connectivity index (χ1n) is 2.82. The maximum absolute atomic E-state index is 12.0. The van der Waals surface area contributed by atoms with Crippen molar-refractivity contribution in [2.75, 3.05) is 20.3 Å². The second-order valence-electron chi connectivity index (χ2n) is 1.97. The van der Waals surface area contributed by atoms with Gasteiger partial charge in [-0.2, -0.15) is 0 Å². The number of halogens is 2. The van der Waals surface area contributed by atoms with Crippen LogP contribution in [0.2, 0.25) is 0 Å². The molecule has 0 spiro atoms. The molecular formula is C5H8F2O3. The van der Waals surface area contributed by atoms with E-state index in [0.717, 1.165) is 0 Å². The van der Waals surface area contributed by atoms with Gasteiger partial charge in [0.15, 0.2) is 0 Å². The molecule has 1 fully saturated rings. The van der Waals surface area contributed by atoms with Gasteiger partial charge in [0.25, 0.3) is 0 Å². The van der Waals surface area contributed by atoms with E-state index in [4.69, 9.17) is 0 Å². The monoisotopic (exact) mass is 154 g/mol. The predicted octanol–water partition coefficient (Wildman–Crippen LogP) is 0.599. The first kappa shape index (κ1) is 7.84. The van der Waals surface area contributed by atoms with E-state index in [1.807, 2.05) is 0 Å². The summed E-state index contributed by atoms with van der Waals surface area (Å²) < 4.78 is 36.7. The lowest BCUT2D eigenvalue weighted by atomic mass is 10.4. The third-order valence-corrected chi connectivity index (χ3v) is 1.09. The molecule has 1 rings (SSSR count). The summed E-state index contributed by atoms with van der Waals surface area (Å²) in [5, 5.41) is 0. The van der Waals surface area contributed by atoms with Gasteiger partial charge in [-0.25, -0.2) is 0 Å². The zero-order chi connectivity index (χ0) is 7.61. The van der Waals surface area contributed by atoms with Gasteiger partial charge < -0.3 is 4.74 Å². The lowest BCUT2D eigenvalue weighted by Crippen LogP contribution is -2.21. The molecule has 0 aromatic rings. The maximum Gasteiger partial charge on any atom is 0.486 e. The van der Waals surface area contributed by atoms with Crippen LogP contribution in [0.15, 0.2) is 0 Å². The van der Waals surface area contributed by atoms with E-state index in [0.29, 0.717) is 0 Å². The van der Waals surface area contributed by atoms with Gasteiger partial charge in [-0.15, -0.1) is 8.78 Å². The van der Waals surface area contributed by atoms with Crippen LogP contribution in [0.1, 0.15) is 0 Å². The SMILES string of the molecule is COCC1COC(F)(F)O1. The minimum absolute atomic E-state index is 0.110. The van der Waals surface area contributed by atoms with Gasteiger partial charge in [-0.05, 0) is 0 Å². The van der Waals surface area contributed by atoms with Crippen LogP contribution in [0.4, 0.5) is 8.78 Å². The number of ether oxygens (including phenoxy) is 3. The van der Waals surface area contributed by atoms with E-state index in [2.05, 4.69) is 14.2 Å². The Bertz CT molecular complexity index is 117. The molecule has 1 atom stereocenters. The Morgan fingerprint density at radius 2 is 2.40 bits per heavy atom. The zero-order valence-electron chi connectivity index (χ0n) is 5.47. The van der Waals surface area contributed by atoms with Crippen molar-refractivity contribution in [1.82, 2.24) is 0 Å². The van der Waals surface area contributed by atoms with Crippen molar-refractivity contribution in [1.29, 1.82) is 0 Å². The highest BCUT2D eigenvalue weighted by Gasteiger charge is 2.42. The van der Waals surface area contributed by atoms with E-state index in [1.165, 1.54) is 7.11 Å². The van der Waals surface area contributed by atoms with Crippen LogP contribution in [0, 0.1) is 0 Å². The highest BCUT2D eigenvalue weighted by Crippen LogP contribution is 2.26. The molecule has 0 aromatic heterocycles. The predicted molar refractivity (Wildman–Crippen MR) is 27.6 cm³/mol. The Morgan fingerprint density at radius 3 is 2.80 bits per heavy atom. The van der Waals surface area contributed by atoms with Crippen LogP contribution >= 0.6 is 0 Å². The van der Waals surface area contributed by atoms with Crippen molar-refractivity contribution in [3.8, 4) is 0 Å². The molecule has 0 radical (unpaired) electrons. The summed E-state index contributed by atoms with van der Waals surface area (Å²) in [6.45, 7) is 0.0242. The molecule has 5 heteroatoms. The number of rotatable bonds is 2. The molecule has 0 saturated carbocycles. The number of alkyl halides is 2. The highest BCUT2D eigenvalue weighted by atomic mass is 19.3. The zero-order valence-corrected chi connectivity index (χ0v) is 5.47. The lowest BCUT2D eigenvalue weighted by molar-refractivity contribution is -0.347. The molecule has 60 valence electrons. The molecule has 1 aliphatic rings. The van der Waals surface area contributed by atoms with Crippen molar-refractivity contribution in [3.63, 3.8) is 0 Å². The molecule has 0 bridgehead atoms. The third-order valence-electron chi connectivity index (χ3n) is 1.09. The van der Waals surface area contributed by atoms with Crippen LogP contribution in [-0.4, -0.2) is 32.7 Å². The third kappa shape index (κ3) is 1.86. The number of hydrogen-bond donors (Lipinski definition) is 0. The molecule has 0 aliphatic carbocycles. The molecule has 0 amide bonds. The normalized spacial score (nSPS) is 30.9. The van der Waals surface area contributed by atoms with Crippen LogP contribution in [0.3, 0.4) is 0 Å². The van der Waals surface area contributed by atoms with Crippen molar-refractivity contribution in [2.45, 2.75) is 12.4 Å². The van der Waals surface area contributed by atoms with Gasteiger partial charge in [-0.1, -0.05) is 0 Å². The summed E-state index contributed by atoms with van der Waals surface area (Å²) in [5.74, 6) is 0. The summed E-state index contributed by atoms with van der Waals surface area (Å²) in [5.41, 5.74) is 0. The molecule has 1 unspecified atom stereocenters. The number of hydrogen-bond acceptors (Lipinski definition) is 3. The molecule has 10 heavy (non-hydrogen) atoms. The van der Waals surface area contributed by atoms with Crippen LogP contribution in [-0.2, 0) is 14.2 Å². The Balaban J connectivity index is 2.29. The standard InChI is InChI=1S/C5H8F2O3/c1-8-2-4-3-9-5(6,7)10-4/h4H,2-3H2,1H3. The highest BCUT2D eigenvalue weighted by molar-refractivity contribution is 4.62. The minimum atomic E-state index is -3.41. The fourth-order valence-electron chi connectivity index (χ4n) is 0.720. The average molecular weight is 154 g/mol. The van der Waals surface area contributed by atoms with E-state index < -0.39 is 12.4 Å². The van der Waals surface area contributed by atoms with Gasteiger partial charge in [0.05, 0.1) is 13.2 Å². The van der Waals surface area contributed by atoms with Crippen molar-refractivity contribution in [3.05, 3.63) is 0 Å². The lowest BCUT2D eigenvalue weighted by Gasteiger charge is -2.07. The van der Waals surface area contributed by atoms with Crippen LogP contribution in [0.5, 0.6) is 0 Å².